The molecule has 2 amide bonds. The van der Waals surface area contributed by atoms with E-state index in [2.05, 4.69) is 10.3 Å². The quantitative estimate of drug-likeness (QED) is 0.752. The van der Waals surface area contributed by atoms with Gasteiger partial charge >= 0.3 is 6.09 Å². The van der Waals surface area contributed by atoms with Crippen LogP contribution in [0, 0.1) is 0 Å². The maximum atomic E-state index is 13.3. The summed E-state index contributed by atoms with van der Waals surface area (Å²) in [4.78, 5) is 31.6. The third kappa shape index (κ3) is 4.98. The highest BCUT2D eigenvalue weighted by Gasteiger charge is 2.27. The molecule has 2 aromatic rings. The first-order valence-corrected chi connectivity index (χ1v) is 10.9. The number of hydrogen-bond acceptors (Lipinski definition) is 5. The average molecular weight is 424 g/mol. The van der Waals surface area contributed by atoms with E-state index in [4.69, 9.17) is 9.47 Å². The summed E-state index contributed by atoms with van der Waals surface area (Å²) in [5, 5.41) is 2.84. The zero-order valence-electron chi connectivity index (χ0n) is 18.3. The van der Waals surface area contributed by atoms with Crippen LogP contribution in [0.4, 0.5) is 16.2 Å². The van der Waals surface area contributed by atoms with Gasteiger partial charge in [0.2, 0.25) is 5.88 Å². The summed E-state index contributed by atoms with van der Waals surface area (Å²) in [6.07, 6.45) is 6.14. The van der Waals surface area contributed by atoms with Crippen molar-refractivity contribution < 1.29 is 19.1 Å². The van der Waals surface area contributed by atoms with Crippen LogP contribution in [0.3, 0.4) is 0 Å². The summed E-state index contributed by atoms with van der Waals surface area (Å²) in [5.74, 6) is 0.393. The topological polar surface area (TPSA) is 80.8 Å². The highest BCUT2D eigenvalue weighted by molar-refractivity contribution is 6.07. The van der Waals surface area contributed by atoms with E-state index in [-0.39, 0.29) is 12.0 Å². The summed E-state index contributed by atoms with van der Waals surface area (Å²) in [6.45, 7) is 6.09. The molecule has 164 valence electrons. The minimum Gasteiger partial charge on any atom is -0.474 e. The predicted molar refractivity (Wildman–Crippen MR) is 119 cm³/mol. The van der Waals surface area contributed by atoms with E-state index in [0.29, 0.717) is 23.7 Å². The van der Waals surface area contributed by atoms with Gasteiger partial charge in [-0.3, -0.25) is 10.1 Å². The Morgan fingerprint density at radius 1 is 1.16 bits per heavy atom. The molecule has 4 rings (SSSR count). The molecule has 0 unspecified atom stereocenters. The fourth-order valence-corrected chi connectivity index (χ4v) is 3.79. The van der Waals surface area contributed by atoms with Crippen LogP contribution in [0.2, 0.25) is 0 Å². The molecule has 1 aliphatic carbocycles. The molecule has 7 heteroatoms. The Hall–Kier alpha value is -3.09. The minimum absolute atomic E-state index is 0.101. The molecule has 1 aromatic carbocycles. The van der Waals surface area contributed by atoms with Crippen LogP contribution >= 0.6 is 0 Å². The summed E-state index contributed by atoms with van der Waals surface area (Å²) < 4.78 is 11.2. The van der Waals surface area contributed by atoms with Crippen LogP contribution in [-0.4, -0.2) is 35.2 Å². The van der Waals surface area contributed by atoms with Gasteiger partial charge in [0, 0.05) is 35.7 Å². The molecule has 0 bridgehead atoms. The van der Waals surface area contributed by atoms with Crippen molar-refractivity contribution in [1.82, 2.24) is 4.98 Å². The van der Waals surface area contributed by atoms with Gasteiger partial charge in [0.05, 0.1) is 0 Å². The second kappa shape index (κ2) is 8.57. The maximum absolute atomic E-state index is 13.3. The first-order valence-electron chi connectivity index (χ1n) is 10.9. The standard InChI is InChI=1S/C24H29N3O4/c1-24(2,3)31-23(29)26-19-10-5-11-20-18(19)9-6-14-27(20)22(28)16-12-13-25-21(15-16)30-17-7-4-8-17/h5,10-13,15,17H,4,6-9,14H2,1-3H3,(H,26,29). The first kappa shape index (κ1) is 21.2. The number of nitrogens with one attached hydrogen (secondary N) is 1. The van der Waals surface area contributed by atoms with E-state index in [9.17, 15) is 9.59 Å². The molecule has 1 N–H and O–H groups in total. The number of pyridine rings is 1. The molecule has 7 nitrogen and oxygen atoms in total. The van der Waals surface area contributed by atoms with Gasteiger partial charge in [0.25, 0.3) is 5.91 Å². The predicted octanol–water partition coefficient (Wildman–Crippen LogP) is 4.95. The largest absolute Gasteiger partial charge is 0.474 e. The van der Waals surface area contributed by atoms with Gasteiger partial charge in [0.1, 0.15) is 11.7 Å². The van der Waals surface area contributed by atoms with Crippen LogP contribution in [0.1, 0.15) is 62.4 Å². The lowest BCUT2D eigenvalue weighted by Gasteiger charge is -2.31. The van der Waals surface area contributed by atoms with Crippen LogP contribution in [-0.2, 0) is 11.2 Å². The Labute approximate surface area is 182 Å². The lowest BCUT2D eigenvalue weighted by atomic mass is 9.96. The zero-order valence-corrected chi connectivity index (χ0v) is 18.3. The molecule has 1 fully saturated rings. The number of rotatable bonds is 4. The Balaban J connectivity index is 1.55. The van der Waals surface area contributed by atoms with Crippen molar-refractivity contribution in [2.45, 2.75) is 64.6 Å². The summed E-state index contributed by atoms with van der Waals surface area (Å²) in [6, 6.07) is 9.03. The molecule has 0 saturated heterocycles. The molecule has 1 aliphatic heterocycles. The van der Waals surface area contributed by atoms with E-state index in [1.807, 2.05) is 39.0 Å². The fraction of sp³-hybridized carbons (Fsp3) is 0.458. The number of carbonyl (C=O) groups excluding carboxylic acids is 2. The number of aromatic nitrogens is 1. The Morgan fingerprint density at radius 2 is 1.97 bits per heavy atom. The molecule has 0 spiro atoms. The van der Waals surface area contributed by atoms with E-state index >= 15 is 0 Å². The number of benzene rings is 1. The molecule has 2 heterocycles. The number of hydrogen-bond donors (Lipinski definition) is 1. The zero-order chi connectivity index (χ0) is 22.0. The second-order valence-electron chi connectivity index (χ2n) is 9.04. The van der Waals surface area contributed by atoms with E-state index < -0.39 is 11.7 Å². The smallest absolute Gasteiger partial charge is 0.412 e. The van der Waals surface area contributed by atoms with Crippen LogP contribution in [0.25, 0.3) is 0 Å². The SMILES string of the molecule is CC(C)(C)OC(=O)Nc1cccc2c1CCCN2C(=O)c1ccnc(OC2CCC2)c1. The van der Waals surface area contributed by atoms with Gasteiger partial charge in [-0.25, -0.2) is 9.78 Å². The number of anilines is 2. The van der Waals surface area contributed by atoms with Gasteiger partial charge in [0.15, 0.2) is 0 Å². The lowest BCUT2D eigenvalue weighted by molar-refractivity contribution is 0.0635. The van der Waals surface area contributed by atoms with Crippen molar-refractivity contribution >= 4 is 23.4 Å². The summed E-state index contributed by atoms with van der Waals surface area (Å²) >= 11 is 0. The van der Waals surface area contributed by atoms with Gasteiger partial charge in [-0.05, 0) is 76.6 Å². The third-order valence-electron chi connectivity index (χ3n) is 5.45. The Bertz CT molecular complexity index is 979. The van der Waals surface area contributed by atoms with Gasteiger partial charge in [-0.2, -0.15) is 0 Å². The van der Waals surface area contributed by atoms with E-state index in [0.717, 1.165) is 36.9 Å². The summed E-state index contributed by atoms with van der Waals surface area (Å²) in [7, 11) is 0. The first-order chi connectivity index (χ1) is 14.8. The van der Waals surface area contributed by atoms with Gasteiger partial charge in [-0.1, -0.05) is 6.07 Å². The number of fused-ring (bicyclic) bond motifs is 1. The van der Waals surface area contributed by atoms with Crippen molar-refractivity contribution in [2.75, 3.05) is 16.8 Å². The number of ether oxygens (including phenoxy) is 2. The lowest BCUT2D eigenvalue weighted by Crippen LogP contribution is -2.36. The van der Waals surface area contributed by atoms with Crippen molar-refractivity contribution in [3.8, 4) is 5.88 Å². The van der Waals surface area contributed by atoms with Crippen molar-refractivity contribution in [3.05, 3.63) is 47.7 Å². The highest BCUT2D eigenvalue weighted by atomic mass is 16.6. The number of amides is 2. The fourth-order valence-electron chi connectivity index (χ4n) is 3.79. The Kier molecular flexibility index (Phi) is 5.85. The maximum Gasteiger partial charge on any atom is 0.412 e. The van der Waals surface area contributed by atoms with E-state index in [1.165, 1.54) is 6.42 Å². The molecule has 1 aromatic heterocycles. The molecule has 0 radical (unpaired) electrons. The van der Waals surface area contributed by atoms with Crippen molar-refractivity contribution in [3.63, 3.8) is 0 Å². The van der Waals surface area contributed by atoms with Gasteiger partial charge < -0.3 is 14.4 Å². The second-order valence-corrected chi connectivity index (χ2v) is 9.04. The van der Waals surface area contributed by atoms with Crippen LogP contribution < -0.4 is 15.0 Å². The molecule has 31 heavy (non-hydrogen) atoms. The monoisotopic (exact) mass is 423 g/mol. The van der Waals surface area contributed by atoms with Gasteiger partial charge in [-0.15, -0.1) is 0 Å². The molecule has 1 saturated carbocycles. The molecule has 0 atom stereocenters. The van der Waals surface area contributed by atoms with Crippen LogP contribution in [0.5, 0.6) is 5.88 Å². The molecule has 2 aliphatic rings. The number of nitrogens with zero attached hydrogens (tertiary/aromatic N) is 2. The average Bonchev–Trinajstić information content (AvgIpc) is 2.69. The van der Waals surface area contributed by atoms with Crippen LogP contribution in [0.15, 0.2) is 36.5 Å². The Morgan fingerprint density at radius 3 is 2.68 bits per heavy atom. The van der Waals surface area contributed by atoms with Crippen molar-refractivity contribution in [1.29, 1.82) is 0 Å². The molecular formula is C24H29N3O4. The third-order valence-corrected chi connectivity index (χ3v) is 5.45. The highest BCUT2D eigenvalue weighted by Crippen LogP contribution is 2.34. The van der Waals surface area contributed by atoms with E-state index in [1.54, 1.807) is 23.2 Å². The number of carbonyl (C=O) groups is 2. The minimum atomic E-state index is -0.582. The molecular weight excluding hydrogens is 394 g/mol. The normalized spacial score (nSPS) is 16.2. The summed E-state index contributed by atoms with van der Waals surface area (Å²) in [5.41, 5.74) is 2.38. The van der Waals surface area contributed by atoms with Crippen molar-refractivity contribution in [2.24, 2.45) is 0 Å².